The van der Waals surface area contributed by atoms with Gasteiger partial charge in [0.25, 0.3) is 0 Å². The maximum Gasteiger partial charge on any atom is 0.222 e. The normalized spacial score (nSPS) is 11.9. The molecule has 0 aliphatic heterocycles. The molecule has 5 heteroatoms. The number of aryl methyl sites for hydroxylation is 1. The summed E-state index contributed by atoms with van der Waals surface area (Å²) in [5.74, 6) is 1.11. The molecule has 0 aliphatic rings. The van der Waals surface area contributed by atoms with Crippen LogP contribution < -0.4 is 4.74 Å². The van der Waals surface area contributed by atoms with Crippen molar-refractivity contribution in [2.45, 2.75) is 32.9 Å². The van der Waals surface area contributed by atoms with E-state index in [1.165, 1.54) is 0 Å². The molecule has 0 aliphatic carbocycles. The van der Waals surface area contributed by atoms with E-state index < -0.39 is 0 Å². The highest BCUT2D eigenvalue weighted by molar-refractivity contribution is 5.22. The van der Waals surface area contributed by atoms with Gasteiger partial charge in [0.1, 0.15) is 12.4 Å². The van der Waals surface area contributed by atoms with Crippen molar-refractivity contribution in [1.29, 1.82) is 0 Å². The lowest BCUT2D eigenvalue weighted by atomic mass is 10.1. The zero-order valence-corrected chi connectivity index (χ0v) is 11.2. The van der Waals surface area contributed by atoms with Crippen LogP contribution in [-0.2, 0) is 6.61 Å². The van der Waals surface area contributed by atoms with Crippen molar-refractivity contribution >= 4 is 0 Å². The summed E-state index contributed by atoms with van der Waals surface area (Å²) in [5, 5.41) is 9.18. The van der Waals surface area contributed by atoms with Crippen LogP contribution in [0, 0.1) is 6.92 Å². The fourth-order valence-corrected chi connectivity index (χ4v) is 1.08. The Hall–Kier alpha value is -1.20. The molecule has 0 saturated carbocycles. The van der Waals surface area contributed by atoms with E-state index in [-0.39, 0.29) is 12.1 Å². The Bertz CT molecular complexity index is 378. The third-order valence-corrected chi connectivity index (χ3v) is 2.89. The standard InChI is InChI=1S/C12H21N3O2/c1-9-13-6-10(7-16)11(14-9)17-8-12(2,3)15(4)5/h6,16H,7-8H2,1-5H3. The fourth-order valence-electron chi connectivity index (χ4n) is 1.08. The first-order chi connectivity index (χ1) is 7.86. The smallest absolute Gasteiger partial charge is 0.222 e. The van der Waals surface area contributed by atoms with Crippen LogP contribution in [0.25, 0.3) is 0 Å². The van der Waals surface area contributed by atoms with Crippen molar-refractivity contribution in [3.63, 3.8) is 0 Å². The quantitative estimate of drug-likeness (QED) is 0.830. The zero-order chi connectivity index (χ0) is 13.1. The molecule has 0 saturated heterocycles. The van der Waals surface area contributed by atoms with Gasteiger partial charge in [0.2, 0.25) is 5.88 Å². The van der Waals surface area contributed by atoms with Gasteiger partial charge in [-0.25, -0.2) is 4.98 Å². The van der Waals surface area contributed by atoms with E-state index in [4.69, 9.17) is 4.74 Å². The summed E-state index contributed by atoms with van der Waals surface area (Å²) >= 11 is 0. The van der Waals surface area contributed by atoms with Crippen LogP contribution in [0.5, 0.6) is 5.88 Å². The Morgan fingerprint density at radius 2 is 2.06 bits per heavy atom. The second-order valence-electron chi connectivity index (χ2n) is 4.90. The lowest BCUT2D eigenvalue weighted by Gasteiger charge is -2.32. The molecule has 0 bridgehead atoms. The van der Waals surface area contributed by atoms with Crippen LogP contribution >= 0.6 is 0 Å². The van der Waals surface area contributed by atoms with Gasteiger partial charge in [-0.2, -0.15) is 4.98 Å². The van der Waals surface area contributed by atoms with Gasteiger partial charge in [0.15, 0.2) is 0 Å². The number of aliphatic hydroxyl groups excluding tert-OH is 1. The SMILES string of the molecule is Cc1ncc(CO)c(OCC(C)(C)N(C)C)n1. The molecule has 1 aromatic heterocycles. The van der Waals surface area contributed by atoms with Gasteiger partial charge in [0.05, 0.1) is 12.2 Å². The number of likely N-dealkylation sites (N-methyl/N-ethyl adjacent to an activating group) is 1. The Morgan fingerprint density at radius 1 is 1.41 bits per heavy atom. The van der Waals surface area contributed by atoms with Crippen LogP contribution in [-0.4, -0.2) is 46.2 Å². The molecule has 5 nitrogen and oxygen atoms in total. The van der Waals surface area contributed by atoms with Crippen molar-refractivity contribution in [3.8, 4) is 5.88 Å². The molecule has 0 spiro atoms. The topological polar surface area (TPSA) is 58.5 Å². The highest BCUT2D eigenvalue weighted by Gasteiger charge is 2.22. The number of rotatable bonds is 5. The van der Waals surface area contributed by atoms with Gasteiger partial charge in [-0.05, 0) is 34.9 Å². The molecule has 17 heavy (non-hydrogen) atoms. The van der Waals surface area contributed by atoms with E-state index in [9.17, 15) is 5.11 Å². The van der Waals surface area contributed by atoms with Gasteiger partial charge in [-0.1, -0.05) is 0 Å². The van der Waals surface area contributed by atoms with Crippen LogP contribution in [0.3, 0.4) is 0 Å². The monoisotopic (exact) mass is 239 g/mol. The second-order valence-corrected chi connectivity index (χ2v) is 4.90. The first kappa shape index (κ1) is 13.9. The van der Waals surface area contributed by atoms with Crippen molar-refractivity contribution < 1.29 is 9.84 Å². The summed E-state index contributed by atoms with van der Waals surface area (Å²) < 4.78 is 5.68. The van der Waals surface area contributed by atoms with Crippen molar-refractivity contribution in [1.82, 2.24) is 14.9 Å². The van der Waals surface area contributed by atoms with Crippen LogP contribution in [0.4, 0.5) is 0 Å². The number of ether oxygens (including phenoxy) is 1. The van der Waals surface area contributed by atoms with E-state index >= 15 is 0 Å². The van der Waals surface area contributed by atoms with Crippen molar-refractivity contribution in [2.75, 3.05) is 20.7 Å². The summed E-state index contributed by atoms with van der Waals surface area (Å²) in [6, 6.07) is 0. The molecular weight excluding hydrogens is 218 g/mol. The highest BCUT2D eigenvalue weighted by Crippen LogP contribution is 2.18. The predicted molar refractivity (Wildman–Crippen MR) is 66.0 cm³/mol. The molecule has 1 N–H and O–H groups in total. The van der Waals surface area contributed by atoms with Gasteiger partial charge >= 0.3 is 0 Å². The summed E-state index contributed by atoms with van der Waals surface area (Å²) in [4.78, 5) is 10.3. The third-order valence-electron chi connectivity index (χ3n) is 2.89. The molecule has 1 heterocycles. The van der Waals surface area contributed by atoms with Crippen LogP contribution in [0.1, 0.15) is 25.2 Å². The molecule has 1 rings (SSSR count). The third kappa shape index (κ3) is 3.64. The largest absolute Gasteiger partial charge is 0.475 e. The lowest BCUT2D eigenvalue weighted by Crippen LogP contribution is -2.43. The average Bonchev–Trinajstić information content (AvgIpc) is 2.26. The summed E-state index contributed by atoms with van der Waals surface area (Å²) in [5.41, 5.74) is 0.524. The first-order valence-corrected chi connectivity index (χ1v) is 5.60. The minimum absolute atomic E-state index is 0.0917. The average molecular weight is 239 g/mol. The van der Waals surface area contributed by atoms with E-state index in [2.05, 4.69) is 28.7 Å². The minimum Gasteiger partial charge on any atom is -0.475 e. The summed E-state index contributed by atoms with van der Waals surface area (Å²) in [6.45, 7) is 6.35. The molecule has 0 unspecified atom stereocenters. The van der Waals surface area contributed by atoms with Crippen molar-refractivity contribution in [2.24, 2.45) is 0 Å². The van der Waals surface area contributed by atoms with Gasteiger partial charge in [-0.3, -0.25) is 0 Å². The number of aromatic nitrogens is 2. The molecular formula is C12H21N3O2. The maximum atomic E-state index is 9.18. The van der Waals surface area contributed by atoms with E-state index in [1.54, 1.807) is 13.1 Å². The fraction of sp³-hybridized carbons (Fsp3) is 0.667. The number of hydrogen-bond acceptors (Lipinski definition) is 5. The van der Waals surface area contributed by atoms with Crippen LogP contribution in [0.15, 0.2) is 6.20 Å². The minimum atomic E-state index is -0.113. The maximum absolute atomic E-state index is 9.18. The Labute approximate surface area is 102 Å². The lowest BCUT2D eigenvalue weighted by molar-refractivity contribution is 0.108. The Morgan fingerprint density at radius 3 is 2.59 bits per heavy atom. The molecule has 0 radical (unpaired) electrons. The molecule has 0 amide bonds. The van der Waals surface area contributed by atoms with Gasteiger partial charge < -0.3 is 14.7 Å². The van der Waals surface area contributed by atoms with E-state index in [0.29, 0.717) is 23.9 Å². The van der Waals surface area contributed by atoms with E-state index in [1.807, 2.05) is 14.1 Å². The molecule has 1 aromatic rings. The predicted octanol–water partition coefficient (Wildman–Crippen LogP) is 0.996. The Balaban J connectivity index is 2.78. The molecule has 0 aromatic carbocycles. The Kier molecular flexibility index (Phi) is 4.42. The summed E-state index contributed by atoms with van der Waals surface area (Å²) in [6.07, 6.45) is 1.60. The number of aliphatic hydroxyl groups is 1. The second kappa shape index (κ2) is 5.42. The molecule has 0 atom stereocenters. The zero-order valence-electron chi connectivity index (χ0n) is 11.2. The highest BCUT2D eigenvalue weighted by atomic mass is 16.5. The van der Waals surface area contributed by atoms with E-state index in [0.717, 1.165) is 0 Å². The summed E-state index contributed by atoms with van der Waals surface area (Å²) in [7, 11) is 4.00. The molecule has 96 valence electrons. The first-order valence-electron chi connectivity index (χ1n) is 5.60. The van der Waals surface area contributed by atoms with Crippen LogP contribution in [0.2, 0.25) is 0 Å². The molecule has 0 fully saturated rings. The van der Waals surface area contributed by atoms with Crippen molar-refractivity contribution in [3.05, 3.63) is 17.6 Å². The number of hydrogen-bond donors (Lipinski definition) is 1. The van der Waals surface area contributed by atoms with Gasteiger partial charge in [0, 0.05) is 11.7 Å². The van der Waals surface area contributed by atoms with Gasteiger partial charge in [-0.15, -0.1) is 0 Å². The number of nitrogens with zero attached hydrogens (tertiary/aromatic N) is 3.